The second-order valence-electron chi connectivity index (χ2n) is 14.3. The van der Waals surface area contributed by atoms with Crippen LogP contribution in [-0.2, 0) is 32.7 Å². The van der Waals surface area contributed by atoms with Crippen LogP contribution in [0.4, 0.5) is 0 Å². The second-order valence-corrected chi connectivity index (χ2v) is 15.8. The standard InChI is InChI=1S/C37H74NO8P/c1-6-8-10-12-14-16-18-20-21-23-25-27-29-36(39)43-33-35(34-45-47(41,42)44-32-31-38(3,4)5)46-37(40)30-28-26-24-22-19-17-15-13-11-9-7-2/h35H,6-34H2,1-5H3/p+1. The van der Waals surface area contributed by atoms with Gasteiger partial charge in [-0.25, -0.2) is 4.57 Å². The lowest BCUT2D eigenvalue weighted by molar-refractivity contribution is -0.870. The van der Waals surface area contributed by atoms with E-state index in [1.165, 1.54) is 109 Å². The molecule has 9 nitrogen and oxygen atoms in total. The quantitative estimate of drug-likeness (QED) is 0.0303. The minimum Gasteiger partial charge on any atom is -0.462 e. The predicted molar refractivity (Wildman–Crippen MR) is 192 cm³/mol. The number of ether oxygens (including phenoxy) is 2. The Bertz CT molecular complexity index is 789. The molecule has 47 heavy (non-hydrogen) atoms. The van der Waals surface area contributed by atoms with Gasteiger partial charge in [0.15, 0.2) is 6.10 Å². The zero-order valence-electron chi connectivity index (χ0n) is 31.3. The normalized spacial score (nSPS) is 13.7. The lowest BCUT2D eigenvalue weighted by atomic mass is 10.0. The van der Waals surface area contributed by atoms with Crippen molar-refractivity contribution in [3.63, 3.8) is 0 Å². The van der Waals surface area contributed by atoms with E-state index in [0.717, 1.165) is 32.1 Å². The highest BCUT2D eigenvalue weighted by Crippen LogP contribution is 2.43. The molecule has 0 amide bonds. The molecule has 2 unspecified atom stereocenters. The van der Waals surface area contributed by atoms with Crippen molar-refractivity contribution in [2.45, 2.75) is 180 Å². The van der Waals surface area contributed by atoms with Crippen molar-refractivity contribution in [1.29, 1.82) is 0 Å². The summed E-state index contributed by atoms with van der Waals surface area (Å²) in [7, 11) is 1.49. The van der Waals surface area contributed by atoms with E-state index < -0.39 is 26.5 Å². The van der Waals surface area contributed by atoms with Crippen molar-refractivity contribution in [1.82, 2.24) is 0 Å². The van der Waals surface area contributed by atoms with Gasteiger partial charge in [0.25, 0.3) is 0 Å². The van der Waals surface area contributed by atoms with Crippen molar-refractivity contribution in [3.8, 4) is 0 Å². The lowest BCUT2D eigenvalue weighted by Gasteiger charge is -2.24. The van der Waals surface area contributed by atoms with Gasteiger partial charge in [-0.3, -0.25) is 18.6 Å². The average molecular weight is 693 g/mol. The fourth-order valence-corrected chi connectivity index (χ4v) is 6.05. The Morgan fingerprint density at radius 1 is 0.574 bits per heavy atom. The van der Waals surface area contributed by atoms with Gasteiger partial charge in [-0.15, -0.1) is 0 Å². The highest BCUT2D eigenvalue weighted by molar-refractivity contribution is 7.47. The Labute approximate surface area is 289 Å². The summed E-state index contributed by atoms with van der Waals surface area (Å²) in [6, 6.07) is 0. The molecular weight excluding hydrogens is 617 g/mol. The molecule has 0 fully saturated rings. The molecule has 0 aromatic heterocycles. The molecule has 0 rings (SSSR count). The van der Waals surface area contributed by atoms with Gasteiger partial charge in [-0.1, -0.05) is 149 Å². The molecule has 0 aliphatic rings. The Morgan fingerprint density at radius 3 is 1.36 bits per heavy atom. The highest BCUT2D eigenvalue weighted by atomic mass is 31.2. The van der Waals surface area contributed by atoms with E-state index in [1.807, 2.05) is 21.1 Å². The van der Waals surface area contributed by atoms with Crippen LogP contribution in [0.25, 0.3) is 0 Å². The van der Waals surface area contributed by atoms with Crippen LogP contribution in [0.5, 0.6) is 0 Å². The first kappa shape index (κ1) is 46.0. The minimum absolute atomic E-state index is 0.0363. The van der Waals surface area contributed by atoms with Crippen molar-refractivity contribution >= 4 is 19.8 Å². The first-order valence-electron chi connectivity index (χ1n) is 19.3. The van der Waals surface area contributed by atoms with Gasteiger partial charge >= 0.3 is 19.8 Å². The van der Waals surface area contributed by atoms with Crippen molar-refractivity contribution in [2.24, 2.45) is 0 Å². The van der Waals surface area contributed by atoms with Crippen LogP contribution < -0.4 is 0 Å². The second kappa shape index (κ2) is 31.0. The number of rotatable bonds is 35. The van der Waals surface area contributed by atoms with Gasteiger partial charge in [0.1, 0.15) is 19.8 Å². The number of likely N-dealkylation sites (N-methyl/N-ethyl adjacent to an activating group) is 1. The molecule has 1 N–H and O–H groups in total. The van der Waals surface area contributed by atoms with Crippen LogP contribution in [-0.4, -0.2) is 74.9 Å². The van der Waals surface area contributed by atoms with Crippen LogP contribution in [0.3, 0.4) is 0 Å². The van der Waals surface area contributed by atoms with Gasteiger partial charge < -0.3 is 18.9 Å². The summed E-state index contributed by atoms with van der Waals surface area (Å²) in [5.41, 5.74) is 0. The third kappa shape index (κ3) is 34.7. The van der Waals surface area contributed by atoms with Crippen molar-refractivity contribution in [2.75, 3.05) is 47.5 Å². The van der Waals surface area contributed by atoms with Gasteiger partial charge in [0, 0.05) is 12.8 Å². The van der Waals surface area contributed by atoms with Crippen molar-refractivity contribution < 1.29 is 42.1 Å². The van der Waals surface area contributed by atoms with Crippen LogP contribution in [0, 0.1) is 0 Å². The van der Waals surface area contributed by atoms with Gasteiger partial charge in [-0.2, -0.15) is 0 Å². The molecule has 0 aliphatic carbocycles. The van der Waals surface area contributed by atoms with Gasteiger partial charge in [-0.05, 0) is 12.8 Å². The number of carbonyl (C=O) groups is 2. The molecule has 0 aliphatic heterocycles. The maximum atomic E-state index is 12.6. The largest absolute Gasteiger partial charge is 0.472 e. The first-order valence-corrected chi connectivity index (χ1v) is 20.8. The third-order valence-electron chi connectivity index (χ3n) is 8.39. The number of carbonyl (C=O) groups excluding carboxylic acids is 2. The number of quaternary nitrogens is 1. The smallest absolute Gasteiger partial charge is 0.462 e. The molecule has 0 heterocycles. The molecular formula is C37H75NO8P+. The summed E-state index contributed by atoms with van der Waals surface area (Å²) >= 11 is 0. The van der Waals surface area contributed by atoms with E-state index >= 15 is 0 Å². The molecule has 2 atom stereocenters. The number of hydrogen-bond donors (Lipinski definition) is 1. The Morgan fingerprint density at radius 2 is 0.957 bits per heavy atom. The van der Waals surface area contributed by atoms with E-state index in [2.05, 4.69) is 13.8 Å². The zero-order chi connectivity index (χ0) is 35.1. The summed E-state index contributed by atoms with van der Waals surface area (Å²) in [6.07, 6.45) is 27.1. The summed E-state index contributed by atoms with van der Waals surface area (Å²) < 4.78 is 34.1. The molecule has 280 valence electrons. The number of hydrogen-bond acceptors (Lipinski definition) is 7. The molecule has 0 saturated heterocycles. The number of phosphoric ester groups is 1. The lowest BCUT2D eigenvalue weighted by Crippen LogP contribution is -2.37. The Kier molecular flexibility index (Phi) is 30.4. The monoisotopic (exact) mass is 693 g/mol. The van der Waals surface area contributed by atoms with E-state index in [0.29, 0.717) is 23.9 Å². The maximum Gasteiger partial charge on any atom is 0.472 e. The van der Waals surface area contributed by atoms with E-state index in [4.69, 9.17) is 18.5 Å². The summed E-state index contributed by atoms with van der Waals surface area (Å²) in [5.74, 6) is -0.792. The molecule has 10 heteroatoms. The Hall–Kier alpha value is -0.990. The molecule has 0 spiro atoms. The SMILES string of the molecule is CCCCCCCCCCCCCCC(=O)OCC(COP(=O)(O)OCC[N+](C)(C)C)OC(=O)CCCCCCCCCCCCC. The first-order chi connectivity index (χ1) is 22.5. The maximum absolute atomic E-state index is 12.6. The predicted octanol–water partition coefficient (Wildman–Crippen LogP) is 10.1. The summed E-state index contributed by atoms with van der Waals surface area (Å²) in [4.78, 5) is 35.1. The molecule has 0 radical (unpaired) electrons. The van der Waals surface area contributed by atoms with Crippen LogP contribution in [0.1, 0.15) is 174 Å². The van der Waals surface area contributed by atoms with E-state index in [9.17, 15) is 19.0 Å². The fourth-order valence-electron chi connectivity index (χ4n) is 5.31. The average Bonchev–Trinajstić information content (AvgIpc) is 3.01. The van der Waals surface area contributed by atoms with E-state index in [-0.39, 0.29) is 25.6 Å². The molecule has 0 saturated carbocycles. The van der Waals surface area contributed by atoms with Crippen LogP contribution >= 0.6 is 7.82 Å². The topological polar surface area (TPSA) is 108 Å². The zero-order valence-corrected chi connectivity index (χ0v) is 32.2. The number of nitrogens with zero attached hydrogens (tertiary/aromatic N) is 1. The highest BCUT2D eigenvalue weighted by Gasteiger charge is 2.27. The third-order valence-corrected chi connectivity index (χ3v) is 9.37. The molecule has 0 aromatic carbocycles. The Balaban J connectivity index is 4.41. The van der Waals surface area contributed by atoms with E-state index in [1.54, 1.807) is 0 Å². The minimum atomic E-state index is -4.36. The molecule has 0 bridgehead atoms. The van der Waals surface area contributed by atoms with Crippen LogP contribution in [0.15, 0.2) is 0 Å². The number of phosphoric acid groups is 1. The van der Waals surface area contributed by atoms with Gasteiger partial charge in [0.05, 0.1) is 27.7 Å². The summed E-state index contributed by atoms with van der Waals surface area (Å²) in [5, 5.41) is 0. The number of esters is 2. The van der Waals surface area contributed by atoms with Crippen LogP contribution in [0.2, 0.25) is 0 Å². The summed E-state index contributed by atoms with van der Waals surface area (Å²) in [6.45, 7) is 4.41. The van der Waals surface area contributed by atoms with Gasteiger partial charge in [0.2, 0.25) is 0 Å². The molecule has 0 aromatic rings. The number of unbranched alkanes of at least 4 members (excludes halogenated alkanes) is 21. The fraction of sp³-hybridized carbons (Fsp3) is 0.946. The van der Waals surface area contributed by atoms with Crippen molar-refractivity contribution in [3.05, 3.63) is 0 Å².